The van der Waals surface area contributed by atoms with E-state index in [4.69, 9.17) is 14.4 Å². The zero-order valence-corrected chi connectivity index (χ0v) is 28.8. The maximum absolute atomic E-state index is 6.20. The van der Waals surface area contributed by atoms with Crippen molar-refractivity contribution in [2.45, 2.75) is 0 Å². The molecule has 0 aliphatic rings. The molecule has 2 heterocycles. The topological polar surface area (TPSA) is 38.9 Å². The van der Waals surface area contributed by atoms with Crippen LogP contribution in [-0.4, -0.2) is 9.97 Å². The number of aromatic nitrogens is 2. The highest BCUT2D eigenvalue weighted by atomic mass is 16.3. The lowest BCUT2D eigenvalue weighted by Gasteiger charge is -2.14. The van der Waals surface area contributed by atoms with E-state index < -0.39 is 0 Å². The standard InChI is InChI=1S/C50H32N2O/c1-3-12-33(13-4-1)37-18-11-19-40(27-37)50-51-46(35-15-5-2-6-16-35)32-47(52-50)43-29-41(38-23-22-34-14-7-8-17-36(34)26-38)28-42(30-43)39-24-25-49-45(31-39)44-20-9-10-21-48(44)53-49/h1-32H. The van der Waals surface area contributed by atoms with Gasteiger partial charge in [-0.1, -0.05) is 140 Å². The molecular formula is C50H32N2O. The summed E-state index contributed by atoms with van der Waals surface area (Å²) in [6.45, 7) is 0. The first-order chi connectivity index (χ1) is 26.2. The van der Waals surface area contributed by atoms with Gasteiger partial charge in [-0.3, -0.25) is 0 Å². The van der Waals surface area contributed by atoms with Crippen molar-refractivity contribution in [3.63, 3.8) is 0 Å². The van der Waals surface area contributed by atoms with Gasteiger partial charge in [-0.05, 0) is 98.8 Å². The molecule has 10 aromatic rings. The molecule has 0 aliphatic heterocycles. The third-order valence-corrected chi connectivity index (χ3v) is 10.0. The highest BCUT2D eigenvalue weighted by molar-refractivity contribution is 6.06. The predicted octanol–water partition coefficient (Wildman–Crippen LogP) is 13.5. The number of para-hydroxylation sites is 1. The van der Waals surface area contributed by atoms with Gasteiger partial charge < -0.3 is 4.42 Å². The number of nitrogens with zero attached hydrogens (tertiary/aromatic N) is 2. The van der Waals surface area contributed by atoms with E-state index in [2.05, 4.69) is 170 Å². The number of rotatable bonds is 6. The quantitative estimate of drug-likeness (QED) is 0.176. The van der Waals surface area contributed by atoms with E-state index >= 15 is 0 Å². The Morgan fingerprint density at radius 3 is 1.64 bits per heavy atom. The lowest BCUT2D eigenvalue weighted by atomic mass is 9.93. The summed E-state index contributed by atoms with van der Waals surface area (Å²) in [5.41, 5.74) is 13.3. The molecule has 248 valence electrons. The fourth-order valence-electron chi connectivity index (χ4n) is 7.33. The molecule has 0 N–H and O–H groups in total. The third kappa shape index (κ3) is 5.85. The van der Waals surface area contributed by atoms with Crippen LogP contribution in [0.25, 0.3) is 100.0 Å². The van der Waals surface area contributed by atoms with Gasteiger partial charge in [-0.2, -0.15) is 0 Å². The average molecular weight is 677 g/mol. The fourth-order valence-corrected chi connectivity index (χ4v) is 7.33. The largest absolute Gasteiger partial charge is 0.456 e. The normalized spacial score (nSPS) is 11.4. The molecule has 0 unspecified atom stereocenters. The molecule has 0 bridgehead atoms. The molecular weight excluding hydrogens is 645 g/mol. The van der Waals surface area contributed by atoms with Crippen molar-refractivity contribution in [1.82, 2.24) is 9.97 Å². The Morgan fingerprint density at radius 2 is 0.830 bits per heavy atom. The van der Waals surface area contributed by atoms with Crippen LogP contribution in [0.3, 0.4) is 0 Å². The van der Waals surface area contributed by atoms with Gasteiger partial charge in [0.15, 0.2) is 5.82 Å². The van der Waals surface area contributed by atoms with E-state index in [0.29, 0.717) is 5.82 Å². The summed E-state index contributed by atoms with van der Waals surface area (Å²) >= 11 is 0. The second-order valence-corrected chi connectivity index (χ2v) is 13.4. The molecule has 53 heavy (non-hydrogen) atoms. The van der Waals surface area contributed by atoms with Crippen LogP contribution in [0, 0.1) is 0 Å². The summed E-state index contributed by atoms with van der Waals surface area (Å²) in [7, 11) is 0. The molecule has 0 saturated carbocycles. The first-order valence-electron chi connectivity index (χ1n) is 17.9. The summed E-state index contributed by atoms with van der Waals surface area (Å²) in [6, 6.07) is 68.2. The van der Waals surface area contributed by atoms with E-state index in [9.17, 15) is 0 Å². The van der Waals surface area contributed by atoms with Crippen LogP contribution in [0.1, 0.15) is 0 Å². The van der Waals surface area contributed by atoms with Crippen LogP contribution in [0.4, 0.5) is 0 Å². The van der Waals surface area contributed by atoms with E-state index in [-0.39, 0.29) is 0 Å². The van der Waals surface area contributed by atoms with Crippen LogP contribution in [0.2, 0.25) is 0 Å². The molecule has 3 heteroatoms. The predicted molar refractivity (Wildman–Crippen MR) is 219 cm³/mol. The molecule has 0 aliphatic carbocycles. The van der Waals surface area contributed by atoms with Crippen molar-refractivity contribution < 1.29 is 4.42 Å². The minimum atomic E-state index is 0.683. The van der Waals surface area contributed by atoms with Gasteiger partial charge in [-0.25, -0.2) is 9.97 Å². The Balaban J connectivity index is 1.19. The minimum Gasteiger partial charge on any atom is -0.456 e. The average Bonchev–Trinajstić information content (AvgIpc) is 3.62. The van der Waals surface area contributed by atoms with E-state index in [0.717, 1.165) is 83.4 Å². The molecule has 0 atom stereocenters. The van der Waals surface area contributed by atoms with Crippen LogP contribution in [0.15, 0.2) is 199 Å². The maximum atomic E-state index is 6.20. The SMILES string of the molecule is c1ccc(-c2cccc(-c3nc(-c4ccccc4)cc(-c4cc(-c5ccc6ccccc6c5)cc(-c5ccc6oc7ccccc7c6c5)c4)n3)c2)cc1. The Labute approximate surface area is 307 Å². The highest BCUT2D eigenvalue weighted by Crippen LogP contribution is 2.38. The Bertz CT molecular complexity index is 2950. The molecule has 10 rings (SSSR count). The van der Waals surface area contributed by atoms with Gasteiger partial charge in [0.05, 0.1) is 11.4 Å². The van der Waals surface area contributed by atoms with Crippen molar-refractivity contribution in [3.8, 4) is 67.3 Å². The monoisotopic (exact) mass is 676 g/mol. The van der Waals surface area contributed by atoms with Crippen LogP contribution < -0.4 is 0 Å². The van der Waals surface area contributed by atoms with E-state index in [1.54, 1.807) is 0 Å². The summed E-state index contributed by atoms with van der Waals surface area (Å²) in [5, 5.41) is 4.64. The van der Waals surface area contributed by atoms with Crippen molar-refractivity contribution in [3.05, 3.63) is 194 Å². The molecule has 2 aromatic heterocycles. The second-order valence-electron chi connectivity index (χ2n) is 13.4. The van der Waals surface area contributed by atoms with E-state index in [1.807, 2.05) is 24.3 Å². The zero-order chi connectivity index (χ0) is 35.1. The van der Waals surface area contributed by atoms with Gasteiger partial charge in [0.2, 0.25) is 0 Å². The maximum Gasteiger partial charge on any atom is 0.160 e. The van der Waals surface area contributed by atoms with Crippen molar-refractivity contribution in [2.75, 3.05) is 0 Å². The van der Waals surface area contributed by atoms with Gasteiger partial charge in [0.25, 0.3) is 0 Å². The van der Waals surface area contributed by atoms with Gasteiger partial charge in [0, 0.05) is 27.5 Å². The molecule has 8 aromatic carbocycles. The molecule has 0 spiro atoms. The smallest absolute Gasteiger partial charge is 0.160 e. The minimum absolute atomic E-state index is 0.683. The first kappa shape index (κ1) is 30.7. The number of hydrogen-bond donors (Lipinski definition) is 0. The Kier molecular flexibility index (Phi) is 7.47. The third-order valence-electron chi connectivity index (χ3n) is 10.0. The number of furan rings is 1. The molecule has 0 fully saturated rings. The summed E-state index contributed by atoms with van der Waals surface area (Å²) in [6.07, 6.45) is 0. The summed E-state index contributed by atoms with van der Waals surface area (Å²) in [4.78, 5) is 10.5. The van der Waals surface area contributed by atoms with E-state index in [1.165, 1.54) is 10.8 Å². The molecule has 0 radical (unpaired) electrons. The Morgan fingerprint density at radius 1 is 0.283 bits per heavy atom. The second kappa shape index (κ2) is 12.9. The van der Waals surface area contributed by atoms with Gasteiger partial charge >= 0.3 is 0 Å². The molecule has 3 nitrogen and oxygen atoms in total. The number of fused-ring (bicyclic) bond motifs is 4. The highest BCUT2D eigenvalue weighted by Gasteiger charge is 2.16. The van der Waals surface area contributed by atoms with Gasteiger partial charge in [0.1, 0.15) is 11.2 Å². The van der Waals surface area contributed by atoms with Crippen molar-refractivity contribution in [2.24, 2.45) is 0 Å². The van der Waals surface area contributed by atoms with Crippen LogP contribution >= 0.6 is 0 Å². The Hall–Kier alpha value is -7.10. The molecule has 0 amide bonds. The molecule has 0 saturated heterocycles. The lowest BCUT2D eigenvalue weighted by molar-refractivity contribution is 0.669. The van der Waals surface area contributed by atoms with Crippen LogP contribution in [0.5, 0.6) is 0 Å². The first-order valence-corrected chi connectivity index (χ1v) is 17.9. The number of hydrogen-bond acceptors (Lipinski definition) is 3. The van der Waals surface area contributed by atoms with Crippen molar-refractivity contribution >= 4 is 32.7 Å². The lowest BCUT2D eigenvalue weighted by Crippen LogP contribution is -1.97. The summed E-state index contributed by atoms with van der Waals surface area (Å²) in [5.74, 6) is 0.683. The summed E-state index contributed by atoms with van der Waals surface area (Å²) < 4.78 is 6.20. The van der Waals surface area contributed by atoms with Crippen molar-refractivity contribution in [1.29, 1.82) is 0 Å². The van der Waals surface area contributed by atoms with Crippen LogP contribution in [-0.2, 0) is 0 Å². The zero-order valence-electron chi connectivity index (χ0n) is 28.8. The van der Waals surface area contributed by atoms with Gasteiger partial charge in [-0.15, -0.1) is 0 Å². The number of benzene rings is 8. The fraction of sp³-hybridized carbons (Fsp3) is 0.